The lowest BCUT2D eigenvalue weighted by atomic mass is 10.6. The fourth-order valence-electron chi connectivity index (χ4n) is 1.18. The van der Waals surface area contributed by atoms with E-state index in [9.17, 15) is 4.79 Å². The summed E-state index contributed by atoms with van der Waals surface area (Å²) in [6.45, 7) is 2.40. The summed E-state index contributed by atoms with van der Waals surface area (Å²) in [6.07, 6.45) is 3.48. The van der Waals surface area contributed by atoms with E-state index in [0.717, 1.165) is 10.0 Å². The molecule has 0 bridgehead atoms. The predicted molar refractivity (Wildman–Crippen MR) is 53.4 cm³/mol. The van der Waals surface area contributed by atoms with Crippen LogP contribution in [0.3, 0.4) is 0 Å². The van der Waals surface area contributed by atoms with Gasteiger partial charge in [-0.05, 0) is 6.92 Å². The average molecular weight is 210 g/mol. The Morgan fingerprint density at radius 1 is 1.43 bits per heavy atom. The van der Waals surface area contributed by atoms with Crippen molar-refractivity contribution in [2.24, 2.45) is 7.05 Å². The first-order valence-electron chi connectivity index (χ1n) is 4.17. The molecular formula is C8H10N4OS. The van der Waals surface area contributed by atoms with E-state index >= 15 is 0 Å². The van der Waals surface area contributed by atoms with Crippen molar-refractivity contribution >= 4 is 11.3 Å². The zero-order valence-corrected chi connectivity index (χ0v) is 8.78. The van der Waals surface area contributed by atoms with Crippen molar-refractivity contribution in [3.8, 4) is 0 Å². The van der Waals surface area contributed by atoms with Crippen LogP contribution in [0.25, 0.3) is 0 Å². The zero-order valence-electron chi connectivity index (χ0n) is 7.97. The van der Waals surface area contributed by atoms with Crippen molar-refractivity contribution in [1.82, 2.24) is 19.3 Å². The van der Waals surface area contributed by atoms with Crippen molar-refractivity contribution in [3.05, 3.63) is 32.9 Å². The van der Waals surface area contributed by atoms with Crippen molar-refractivity contribution in [2.45, 2.75) is 13.5 Å². The predicted octanol–water partition coefficient (Wildman–Crippen LogP) is 0.395. The molecule has 0 aromatic carbocycles. The highest BCUT2D eigenvalue weighted by atomic mass is 32.1. The molecule has 0 N–H and O–H groups in total. The van der Waals surface area contributed by atoms with E-state index in [1.54, 1.807) is 24.0 Å². The topological polar surface area (TPSA) is 52.7 Å². The van der Waals surface area contributed by atoms with E-state index < -0.39 is 0 Å². The van der Waals surface area contributed by atoms with Gasteiger partial charge in [0.2, 0.25) is 0 Å². The summed E-state index contributed by atoms with van der Waals surface area (Å²) in [7, 11) is 1.73. The van der Waals surface area contributed by atoms with Crippen molar-refractivity contribution in [2.75, 3.05) is 0 Å². The summed E-state index contributed by atoms with van der Waals surface area (Å²) in [6, 6.07) is 0. The number of nitrogens with zero attached hydrogens (tertiary/aromatic N) is 4. The molecule has 0 amide bonds. The SMILES string of the molecule is Cc1nnc(Cn2ccn(C)c2=O)s1. The first-order valence-corrected chi connectivity index (χ1v) is 4.99. The Bertz CT molecular complexity index is 495. The Hall–Kier alpha value is -1.43. The average Bonchev–Trinajstić information content (AvgIpc) is 2.67. The molecule has 2 rings (SSSR count). The highest BCUT2D eigenvalue weighted by molar-refractivity contribution is 7.11. The highest BCUT2D eigenvalue weighted by Crippen LogP contribution is 2.08. The molecule has 0 spiro atoms. The van der Waals surface area contributed by atoms with Gasteiger partial charge in [0, 0.05) is 19.4 Å². The van der Waals surface area contributed by atoms with Crippen LogP contribution in [0.4, 0.5) is 0 Å². The smallest absolute Gasteiger partial charge is 0.302 e. The van der Waals surface area contributed by atoms with Crippen LogP contribution in [0.2, 0.25) is 0 Å². The molecule has 0 saturated carbocycles. The van der Waals surface area contributed by atoms with E-state index in [1.807, 2.05) is 6.92 Å². The summed E-state index contributed by atoms with van der Waals surface area (Å²) in [5.74, 6) is 0. The van der Waals surface area contributed by atoms with E-state index in [2.05, 4.69) is 10.2 Å². The molecule has 0 radical (unpaired) electrons. The van der Waals surface area contributed by atoms with E-state index in [4.69, 9.17) is 0 Å². The molecule has 0 aliphatic carbocycles. The lowest BCUT2D eigenvalue weighted by Gasteiger charge is -1.94. The number of hydrogen-bond acceptors (Lipinski definition) is 4. The van der Waals surface area contributed by atoms with Gasteiger partial charge in [0.15, 0.2) is 0 Å². The number of aryl methyl sites for hydroxylation is 2. The quantitative estimate of drug-likeness (QED) is 0.720. The zero-order chi connectivity index (χ0) is 10.1. The number of imidazole rings is 1. The van der Waals surface area contributed by atoms with Gasteiger partial charge in [0.1, 0.15) is 10.0 Å². The van der Waals surface area contributed by atoms with Crippen LogP contribution >= 0.6 is 11.3 Å². The number of aromatic nitrogens is 4. The van der Waals surface area contributed by atoms with Crippen molar-refractivity contribution in [1.29, 1.82) is 0 Å². The normalized spacial score (nSPS) is 10.7. The molecule has 2 aromatic rings. The van der Waals surface area contributed by atoms with Gasteiger partial charge in [-0.15, -0.1) is 10.2 Å². The van der Waals surface area contributed by atoms with Gasteiger partial charge in [-0.2, -0.15) is 0 Å². The Balaban J connectivity index is 2.27. The molecule has 0 aliphatic rings. The van der Waals surface area contributed by atoms with Gasteiger partial charge >= 0.3 is 5.69 Å². The fraction of sp³-hybridized carbons (Fsp3) is 0.375. The Morgan fingerprint density at radius 3 is 2.71 bits per heavy atom. The molecule has 0 unspecified atom stereocenters. The Morgan fingerprint density at radius 2 is 2.21 bits per heavy atom. The molecule has 74 valence electrons. The van der Waals surface area contributed by atoms with Crippen molar-refractivity contribution < 1.29 is 0 Å². The van der Waals surface area contributed by atoms with Crippen LogP contribution in [0.1, 0.15) is 10.0 Å². The van der Waals surface area contributed by atoms with Crippen LogP contribution in [0.5, 0.6) is 0 Å². The number of rotatable bonds is 2. The molecule has 0 aliphatic heterocycles. The lowest BCUT2D eigenvalue weighted by molar-refractivity contribution is 0.708. The summed E-state index contributed by atoms with van der Waals surface area (Å²) in [4.78, 5) is 11.5. The molecule has 2 heterocycles. The minimum Gasteiger partial charge on any atom is -0.302 e. The van der Waals surface area contributed by atoms with Crippen LogP contribution in [-0.4, -0.2) is 19.3 Å². The van der Waals surface area contributed by atoms with Crippen LogP contribution < -0.4 is 5.69 Å². The van der Waals surface area contributed by atoms with Crippen LogP contribution in [-0.2, 0) is 13.6 Å². The molecule has 0 saturated heterocycles. The Kier molecular flexibility index (Phi) is 2.20. The van der Waals surface area contributed by atoms with Gasteiger partial charge in [0.05, 0.1) is 6.54 Å². The largest absolute Gasteiger partial charge is 0.328 e. The summed E-state index contributed by atoms with van der Waals surface area (Å²) < 4.78 is 3.15. The van der Waals surface area contributed by atoms with Crippen molar-refractivity contribution in [3.63, 3.8) is 0 Å². The lowest BCUT2D eigenvalue weighted by Crippen LogP contribution is -2.22. The summed E-state index contributed by atoms with van der Waals surface area (Å²) >= 11 is 1.51. The van der Waals surface area contributed by atoms with Crippen LogP contribution in [0, 0.1) is 6.92 Å². The second-order valence-electron chi connectivity index (χ2n) is 3.03. The molecule has 0 atom stereocenters. The molecule has 5 nitrogen and oxygen atoms in total. The fourth-order valence-corrected chi connectivity index (χ4v) is 1.89. The number of hydrogen-bond donors (Lipinski definition) is 0. The van der Waals surface area contributed by atoms with Gasteiger partial charge in [0.25, 0.3) is 0 Å². The third-order valence-electron chi connectivity index (χ3n) is 1.89. The summed E-state index contributed by atoms with van der Waals surface area (Å²) in [5, 5.41) is 9.63. The Labute approximate surface area is 84.6 Å². The maximum atomic E-state index is 11.5. The molecular weight excluding hydrogens is 200 g/mol. The van der Waals surface area contributed by atoms with Crippen LogP contribution in [0.15, 0.2) is 17.2 Å². The molecule has 2 aromatic heterocycles. The third kappa shape index (κ3) is 1.60. The highest BCUT2D eigenvalue weighted by Gasteiger charge is 2.04. The second-order valence-corrected chi connectivity index (χ2v) is 4.30. The van der Waals surface area contributed by atoms with Gasteiger partial charge in [-0.25, -0.2) is 4.79 Å². The molecule has 14 heavy (non-hydrogen) atoms. The molecule has 0 fully saturated rings. The van der Waals surface area contributed by atoms with E-state index in [-0.39, 0.29) is 5.69 Å². The van der Waals surface area contributed by atoms with Gasteiger partial charge in [-0.1, -0.05) is 11.3 Å². The van der Waals surface area contributed by atoms with E-state index in [0.29, 0.717) is 6.54 Å². The first kappa shape index (κ1) is 9.14. The van der Waals surface area contributed by atoms with E-state index in [1.165, 1.54) is 15.9 Å². The standard InChI is InChI=1S/C8H10N4OS/c1-6-9-10-7(14-6)5-12-4-3-11(2)8(12)13/h3-4H,5H2,1-2H3. The van der Waals surface area contributed by atoms with Gasteiger partial charge in [-0.3, -0.25) is 4.57 Å². The minimum absolute atomic E-state index is 0.0298. The summed E-state index contributed by atoms with van der Waals surface area (Å²) in [5.41, 5.74) is -0.0298. The second kappa shape index (κ2) is 3.38. The maximum absolute atomic E-state index is 11.5. The first-order chi connectivity index (χ1) is 6.66. The third-order valence-corrected chi connectivity index (χ3v) is 2.71. The minimum atomic E-state index is -0.0298. The maximum Gasteiger partial charge on any atom is 0.328 e. The monoisotopic (exact) mass is 210 g/mol. The van der Waals surface area contributed by atoms with Gasteiger partial charge < -0.3 is 4.57 Å². The molecule has 6 heteroatoms.